The van der Waals surface area contributed by atoms with Gasteiger partial charge in [-0.2, -0.15) is 0 Å². The number of hydrogen-bond acceptors (Lipinski definition) is 2. The van der Waals surface area contributed by atoms with E-state index in [1.165, 1.54) is 38.4 Å². The predicted octanol–water partition coefficient (Wildman–Crippen LogP) is 1.98. The Bertz CT molecular complexity index is 455. The molecule has 0 unspecified atom stereocenters. The van der Waals surface area contributed by atoms with E-state index in [0.29, 0.717) is 12.1 Å². The van der Waals surface area contributed by atoms with Crippen LogP contribution in [-0.4, -0.2) is 44.1 Å². The molecule has 4 nitrogen and oxygen atoms in total. The lowest BCUT2D eigenvalue weighted by Gasteiger charge is -2.26. The maximum absolute atomic E-state index is 13.5. The van der Waals surface area contributed by atoms with Gasteiger partial charge in [-0.25, -0.2) is 4.39 Å². The van der Waals surface area contributed by atoms with E-state index in [4.69, 9.17) is 0 Å². The number of aliphatic imine (C=N–C) groups is 1. The number of nitrogens with zero attached hydrogens (tertiary/aromatic N) is 2. The third-order valence-corrected chi connectivity index (χ3v) is 3.80. The Labute approximate surface area is 126 Å². The Kier molecular flexibility index (Phi) is 6.47. The number of piperidine rings is 1. The molecule has 0 aromatic heterocycles. The minimum atomic E-state index is -0.186. The normalized spacial score (nSPS) is 16.8. The number of nitrogens with one attached hydrogen (secondary N) is 2. The molecule has 1 fully saturated rings. The lowest BCUT2D eigenvalue weighted by molar-refractivity contribution is 0.232. The van der Waals surface area contributed by atoms with Gasteiger partial charge >= 0.3 is 0 Å². The highest BCUT2D eigenvalue weighted by Crippen LogP contribution is 2.07. The lowest BCUT2D eigenvalue weighted by Crippen LogP contribution is -2.42. The molecule has 0 bridgehead atoms. The van der Waals surface area contributed by atoms with Gasteiger partial charge in [0.1, 0.15) is 5.82 Å². The zero-order valence-electron chi connectivity index (χ0n) is 12.7. The Hall–Kier alpha value is -1.62. The van der Waals surface area contributed by atoms with Crippen LogP contribution >= 0.6 is 0 Å². The smallest absolute Gasteiger partial charge is 0.191 e. The summed E-state index contributed by atoms with van der Waals surface area (Å²) in [6.07, 6.45) is 3.97. The lowest BCUT2D eigenvalue weighted by atomic mass is 10.1. The number of guanidine groups is 1. The van der Waals surface area contributed by atoms with Crippen molar-refractivity contribution in [1.29, 1.82) is 0 Å². The van der Waals surface area contributed by atoms with Crippen LogP contribution in [0.25, 0.3) is 0 Å². The van der Waals surface area contributed by atoms with Gasteiger partial charge in [0.05, 0.1) is 0 Å². The number of benzene rings is 1. The van der Waals surface area contributed by atoms with Crippen molar-refractivity contribution in [3.63, 3.8) is 0 Å². The summed E-state index contributed by atoms with van der Waals surface area (Å²) < 4.78 is 13.5. The third-order valence-electron chi connectivity index (χ3n) is 3.80. The summed E-state index contributed by atoms with van der Waals surface area (Å²) >= 11 is 0. The molecular weight excluding hydrogens is 267 g/mol. The molecule has 2 N–H and O–H groups in total. The number of likely N-dealkylation sites (tertiary alicyclic amines) is 1. The molecule has 1 aromatic carbocycles. The highest BCUT2D eigenvalue weighted by Gasteiger charge is 2.09. The summed E-state index contributed by atoms with van der Waals surface area (Å²) in [5, 5.41) is 6.43. The summed E-state index contributed by atoms with van der Waals surface area (Å²) in [5.41, 5.74) is 0.650. The Balaban J connectivity index is 1.69. The fourth-order valence-electron chi connectivity index (χ4n) is 2.56. The molecule has 1 heterocycles. The van der Waals surface area contributed by atoms with E-state index in [9.17, 15) is 4.39 Å². The second-order valence-corrected chi connectivity index (χ2v) is 5.35. The van der Waals surface area contributed by atoms with Crippen LogP contribution in [0.15, 0.2) is 29.3 Å². The van der Waals surface area contributed by atoms with Crippen LogP contribution in [0.4, 0.5) is 4.39 Å². The van der Waals surface area contributed by atoms with Gasteiger partial charge in [-0.05, 0) is 32.0 Å². The summed E-state index contributed by atoms with van der Waals surface area (Å²) in [7, 11) is 1.73. The summed E-state index contributed by atoms with van der Waals surface area (Å²) in [6, 6.07) is 6.80. The van der Waals surface area contributed by atoms with Crippen LogP contribution < -0.4 is 10.6 Å². The molecule has 0 amide bonds. The first-order valence-electron chi connectivity index (χ1n) is 7.70. The third kappa shape index (κ3) is 5.34. The van der Waals surface area contributed by atoms with Crippen molar-refractivity contribution in [2.24, 2.45) is 4.99 Å². The molecule has 2 rings (SSSR count). The van der Waals surface area contributed by atoms with Crippen LogP contribution in [0.1, 0.15) is 24.8 Å². The first-order valence-corrected chi connectivity index (χ1v) is 7.70. The zero-order chi connectivity index (χ0) is 14.9. The van der Waals surface area contributed by atoms with E-state index in [2.05, 4.69) is 20.5 Å². The topological polar surface area (TPSA) is 39.7 Å². The highest BCUT2D eigenvalue weighted by molar-refractivity contribution is 5.79. The van der Waals surface area contributed by atoms with E-state index >= 15 is 0 Å². The van der Waals surface area contributed by atoms with E-state index in [-0.39, 0.29) is 5.82 Å². The van der Waals surface area contributed by atoms with Crippen LogP contribution in [0.5, 0.6) is 0 Å². The molecule has 0 aliphatic carbocycles. The van der Waals surface area contributed by atoms with Gasteiger partial charge in [-0.15, -0.1) is 0 Å². The van der Waals surface area contributed by atoms with Crippen molar-refractivity contribution < 1.29 is 4.39 Å². The van der Waals surface area contributed by atoms with Crippen molar-refractivity contribution in [2.45, 2.75) is 25.8 Å². The summed E-state index contributed by atoms with van der Waals surface area (Å²) in [6.45, 7) is 4.72. The summed E-state index contributed by atoms with van der Waals surface area (Å²) in [5.74, 6) is 0.532. The molecule has 0 saturated carbocycles. The number of hydrogen-bond donors (Lipinski definition) is 2. The van der Waals surface area contributed by atoms with Crippen molar-refractivity contribution in [3.05, 3.63) is 35.6 Å². The highest BCUT2D eigenvalue weighted by atomic mass is 19.1. The minimum Gasteiger partial charge on any atom is -0.355 e. The van der Waals surface area contributed by atoms with Crippen LogP contribution in [0, 0.1) is 5.82 Å². The number of rotatable bonds is 5. The molecule has 1 saturated heterocycles. The zero-order valence-corrected chi connectivity index (χ0v) is 12.7. The van der Waals surface area contributed by atoms with Gasteiger partial charge in [-0.3, -0.25) is 4.99 Å². The fraction of sp³-hybridized carbons (Fsp3) is 0.562. The van der Waals surface area contributed by atoms with Crippen molar-refractivity contribution in [1.82, 2.24) is 15.5 Å². The second-order valence-electron chi connectivity index (χ2n) is 5.35. The van der Waals surface area contributed by atoms with Gasteiger partial charge in [0, 0.05) is 32.2 Å². The van der Waals surface area contributed by atoms with E-state index in [1.54, 1.807) is 19.2 Å². The molecule has 1 aliphatic rings. The molecule has 5 heteroatoms. The van der Waals surface area contributed by atoms with Crippen molar-refractivity contribution in [3.8, 4) is 0 Å². The molecule has 0 radical (unpaired) electrons. The monoisotopic (exact) mass is 292 g/mol. The minimum absolute atomic E-state index is 0.186. The van der Waals surface area contributed by atoms with Crippen LogP contribution in [0.2, 0.25) is 0 Å². The van der Waals surface area contributed by atoms with Crippen LogP contribution in [-0.2, 0) is 6.54 Å². The van der Waals surface area contributed by atoms with Crippen molar-refractivity contribution in [2.75, 3.05) is 33.2 Å². The quantitative estimate of drug-likeness (QED) is 0.644. The molecular formula is C16H25FN4. The first-order chi connectivity index (χ1) is 10.3. The first kappa shape index (κ1) is 15.8. The van der Waals surface area contributed by atoms with E-state index < -0.39 is 0 Å². The fourth-order valence-corrected chi connectivity index (χ4v) is 2.56. The molecule has 1 aliphatic heterocycles. The summed E-state index contributed by atoms with van der Waals surface area (Å²) in [4.78, 5) is 6.64. The second kappa shape index (κ2) is 8.62. The van der Waals surface area contributed by atoms with E-state index in [1.807, 2.05) is 6.07 Å². The van der Waals surface area contributed by atoms with Gasteiger partial charge < -0.3 is 15.5 Å². The van der Waals surface area contributed by atoms with Gasteiger partial charge in [-0.1, -0.05) is 24.6 Å². The molecule has 21 heavy (non-hydrogen) atoms. The largest absolute Gasteiger partial charge is 0.355 e. The molecule has 0 spiro atoms. The average molecular weight is 292 g/mol. The Morgan fingerprint density at radius 3 is 2.67 bits per heavy atom. The van der Waals surface area contributed by atoms with Gasteiger partial charge in [0.15, 0.2) is 5.96 Å². The van der Waals surface area contributed by atoms with Gasteiger partial charge in [0.2, 0.25) is 0 Å². The molecule has 1 aromatic rings. The molecule has 0 atom stereocenters. The maximum atomic E-state index is 13.5. The van der Waals surface area contributed by atoms with E-state index in [0.717, 1.165) is 19.0 Å². The predicted molar refractivity (Wildman–Crippen MR) is 84.9 cm³/mol. The Morgan fingerprint density at radius 1 is 1.19 bits per heavy atom. The van der Waals surface area contributed by atoms with Crippen molar-refractivity contribution >= 4 is 5.96 Å². The van der Waals surface area contributed by atoms with Gasteiger partial charge in [0.25, 0.3) is 0 Å². The standard InChI is InChI=1S/C16H25FN4/c1-18-16(19-9-12-21-10-5-2-6-11-21)20-13-14-7-3-4-8-15(14)17/h3-4,7-8H,2,5-6,9-13H2,1H3,(H2,18,19,20). The SMILES string of the molecule is CN=C(NCCN1CCCCC1)NCc1ccccc1F. The van der Waals surface area contributed by atoms with Crippen LogP contribution in [0.3, 0.4) is 0 Å². The maximum Gasteiger partial charge on any atom is 0.191 e. The Morgan fingerprint density at radius 2 is 1.95 bits per heavy atom. The molecule has 116 valence electrons. The average Bonchev–Trinajstić information content (AvgIpc) is 2.53. The number of halogens is 1.